The first-order valence-corrected chi connectivity index (χ1v) is 10.6. The molecular formula is C27H21N3O3. The second kappa shape index (κ2) is 8.93. The molecule has 0 unspecified atom stereocenters. The summed E-state index contributed by atoms with van der Waals surface area (Å²) in [6, 6.07) is 25.7. The molecule has 162 valence electrons. The van der Waals surface area contributed by atoms with E-state index in [4.69, 9.17) is 9.47 Å². The molecule has 6 nitrogen and oxygen atoms in total. The van der Waals surface area contributed by atoms with Crippen molar-refractivity contribution in [2.24, 2.45) is 0 Å². The van der Waals surface area contributed by atoms with Crippen molar-refractivity contribution in [3.05, 3.63) is 101 Å². The Morgan fingerprint density at radius 3 is 2.64 bits per heavy atom. The van der Waals surface area contributed by atoms with Crippen molar-refractivity contribution in [1.82, 2.24) is 9.88 Å². The SMILES string of the molecule is N#C/C(=C\c1cn(Cc2ccccc2)c2ccccc12)C(=O)NCc1ccc2c(c1)OCO2. The molecule has 3 aromatic carbocycles. The normalized spacial score (nSPS) is 12.5. The van der Waals surface area contributed by atoms with E-state index in [0.717, 1.165) is 22.0 Å². The topological polar surface area (TPSA) is 76.3 Å². The molecule has 0 fully saturated rings. The van der Waals surface area contributed by atoms with Gasteiger partial charge in [-0.3, -0.25) is 4.79 Å². The van der Waals surface area contributed by atoms with Gasteiger partial charge in [-0.25, -0.2) is 0 Å². The van der Waals surface area contributed by atoms with Crippen molar-refractivity contribution in [2.75, 3.05) is 6.79 Å². The molecule has 1 aromatic heterocycles. The first-order valence-electron chi connectivity index (χ1n) is 10.6. The van der Waals surface area contributed by atoms with Crippen molar-refractivity contribution in [3.63, 3.8) is 0 Å². The number of para-hydroxylation sites is 1. The first kappa shape index (κ1) is 20.4. The highest BCUT2D eigenvalue weighted by Gasteiger charge is 2.15. The molecule has 1 N–H and O–H groups in total. The Labute approximate surface area is 191 Å². The molecule has 0 radical (unpaired) electrons. The molecule has 33 heavy (non-hydrogen) atoms. The van der Waals surface area contributed by atoms with E-state index in [9.17, 15) is 10.1 Å². The van der Waals surface area contributed by atoms with Crippen LogP contribution in [0.3, 0.4) is 0 Å². The summed E-state index contributed by atoms with van der Waals surface area (Å²) in [7, 11) is 0. The van der Waals surface area contributed by atoms with Crippen molar-refractivity contribution >= 4 is 22.9 Å². The van der Waals surface area contributed by atoms with Crippen LogP contribution in [0.1, 0.15) is 16.7 Å². The summed E-state index contributed by atoms with van der Waals surface area (Å²) < 4.78 is 12.8. The highest BCUT2D eigenvalue weighted by Crippen LogP contribution is 2.32. The molecule has 4 aromatic rings. The number of fused-ring (bicyclic) bond motifs is 2. The van der Waals surface area contributed by atoms with Crippen molar-refractivity contribution < 1.29 is 14.3 Å². The molecule has 0 saturated carbocycles. The lowest BCUT2D eigenvalue weighted by Gasteiger charge is -2.05. The predicted molar refractivity (Wildman–Crippen MR) is 125 cm³/mol. The van der Waals surface area contributed by atoms with E-state index in [2.05, 4.69) is 22.0 Å². The molecule has 6 heteroatoms. The van der Waals surface area contributed by atoms with E-state index >= 15 is 0 Å². The number of carbonyl (C=O) groups excluding carboxylic acids is 1. The van der Waals surface area contributed by atoms with Gasteiger partial charge in [0, 0.05) is 35.8 Å². The zero-order valence-corrected chi connectivity index (χ0v) is 17.8. The summed E-state index contributed by atoms with van der Waals surface area (Å²) in [6.07, 6.45) is 3.64. The number of nitrogens with zero attached hydrogens (tertiary/aromatic N) is 2. The first-order chi connectivity index (χ1) is 16.2. The standard InChI is InChI=1S/C27H21N3O3/c28-14-21(27(31)29-15-20-10-11-25-26(12-20)33-18-32-25)13-22-17-30(16-19-6-2-1-3-7-19)24-9-5-4-8-23(22)24/h1-13,17H,15-16,18H2,(H,29,31)/b21-13+. The Balaban J connectivity index is 1.38. The lowest BCUT2D eigenvalue weighted by molar-refractivity contribution is -0.117. The molecule has 0 aliphatic carbocycles. The molecule has 5 rings (SSSR count). The van der Waals surface area contributed by atoms with E-state index < -0.39 is 5.91 Å². The molecule has 2 heterocycles. The molecule has 0 atom stereocenters. The third kappa shape index (κ3) is 4.30. The van der Waals surface area contributed by atoms with Crippen LogP contribution in [0, 0.1) is 11.3 Å². The summed E-state index contributed by atoms with van der Waals surface area (Å²) in [5.41, 5.74) is 3.97. The van der Waals surface area contributed by atoms with Gasteiger partial charge in [0.05, 0.1) is 0 Å². The fourth-order valence-electron chi connectivity index (χ4n) is 3.93. The van der Waals surface area contributed by atoms with E-state index in [1.807, 2.05) is 72.9 Å². The average Bonchev–Trinajstić information content (AvgIpc) is 3.46. The minimum Gasteiger partial charge on any atom is -0.454 e. The van der Waals surface area contributed by atoms with Crippen LogP contribution in [-0.2, 0) is 17.9 Å². The molecule has 1 aliphatic rings. The number of carbonyl (C=O) groups is 1. The number of rotatable bonds is 6. The molecule has 1 amide bonds. The van der Waals surface area contributed by atoms with Crippen LogP contribution in [0.2, 0.25) is 0 Å². The summed E-state index contributed by atoms with van der Waals surface area (Å²) in [5.74, 6) is 0.925. The van der Waals surface area contributed by atoms with Crippen molar-refractivity contribution in [1.29, 1.82) is 5.26 Å². The highest BCUT2D eigenvalue weighted by atomic mass is 16.7. The molecule has 0 spiro atoms. The average molecular weight is 435 g/mol. The maximum Gasteiger partial charge on any atom is 0.262 e. The lowest BCUT2D eigenvalue weighted by Crippen LogP contribution is -2.23. The fourth-order valence-corrected chi connectivity index (χ4v) is 3.93. The minimum absolute atomic E-state index is 0.0540. The van der Waals surface area contributed by atoms with Gasteiger partial charge >= 0.3 is 0 Å². The van der Waals surface area contributed by atoms with E-state index in [1.165, 1.54) is 5.56 Å². The monoisotopic (exact) mass is 435 g/mol. The van der Waals surface area contributed by atoms with E-state index in [-0.39, 0.29) is 18.9 Å². The van der Waals surface area contributed by atoms with Gasteiger partial charge in [-0.15, -0.1) is 0 Å². The summed E-state index contributed by atoms with van der Waals surface area (Å²) >= 11 is 0. The second-order valence-electron chi connectivity index (χ2n) is 7.76. The second-order valence-corrected chi connectivity index (χ2v) is 7.76. The van der Waals surface area contributed by atoms with Crippen LogP contribution < -0.4 is 14.8 Å². The third-order valence-corrected chi connectivity index (χ3v) is 5.57. The van der Waals surface area contributed by atoms with Crippen LogP contribution in [0.4, 0.5) is 0 Å². The smallest absolute Gasteiger partial charge is 0.262 e. The largest absolute Gasteiger partial charge is 0.454 e. The highest BCUT2D eigenvalue weighted by molar-refractivity contribution is 6.04. The van der Waals surface area contributed by atoms with Gasteiger partial charge in [-0.1, -0.05) is 54.6 Å². The maximum atomic E-state index is 12.8. The number of aromatic nitrogens is 1. The van der Waals surface area contributed by atoms with Crippen molar-refractivity contribution in [3.8, 4) is 17.6 Å². The maximum absolute atomic E-state index is 12.8. The Kier molecular flexibility index (Phi) is 5.52. The zero-order chi connectivity index (χ0) is 22.6. The number of hydrogen-bond acceptors (Lipinski definition) is 4. The van der Waals surface area contributed by atoms with Gasteiger partial charge < -0.3 is 19.4 Å². The predicted octanol–water partition coefficient (Wildman–Crippen LogP) is 4.64. The Morgan fingerprint density at radius 1 is 1.00 bits per heavy atom. The van der Waals surface area contributed by atoms with Crippen LogP contribution >= 0.6 is 0 Å². The minimum atomic E-state index is -0.421. The Morgan fingerprint density at radius 2 is 1.79 bits per heavy atom. The molecule has 0 bridgehead atoms. The zero-order valence-electron chi connectivity index (χ0n) is 17.8. The van der Waals surface area contributed by atoms with Gasteiger partial charge in [-0.2, -0.15) is 5.26 Å². The number of nitrogens with one attached hydrogen (secondary N) is 1. The van der Waals surface area contributed by atoms with Gasteiger partial charge in [-0.05, 0) is 35.4 Å². The number of hydrogen-bond donors (Lipinski definition) is 1. The van der Waals surface area contributed by atoms with Crippen LogP contribution in [0.25, 0.3) is 17.0 Å². The van der Waals surface area contributed by atoms with Crippen LogP contribution in [-0.4, -0.2) is 17.3 Å². The molecule has 0 saturated heterocycles. The Bertz CT molecular complexity index is 1400. The molecule has 1 aliphatic heterocycles. The third-order valence-electron chi connectivity index (χ3n) is 5.57. The summed E-state index contributed by atoms with van der Waals surface area (Å²) in [4.78, 5) is 12.8. The van der Waals surface area contributed by atoms with Gasteiger partial charge in [0.25, 0.3) is 5.91 Å². The van der Waals surface area contributed by atoms with Crippen LogP contribution in [0.15, 0.2) is 84.6 Å². The van der Waals surface area contributed by atoms with Crippen molar-refractivity contribution in [2.45, 2.75) is 13.1 Å². The molecular weight excluding hydrogens is 414 g/mol. The number of benzene rings is 3. The van der Waals surface area contributed by atoms with Crippen LogP contribution in [0.5, 0.6) is 11.5 Å². The van der Waals surface area contributed by atoms with Gasteiger partial charge in [0.2, 0.25) is 6.79 Å². The number of nitriles is 1. The van der Waals surface area contributed by atoms with E-state index in [0.29, 0.717) is 18.0 Å². The quantitative estimate of drug-likeness (QED) is 0.354. The summed E-state index contributed by atoms with van der Waals surface area (Å²) in [6.45, 7) is 1.18. The number of amides is 1. The fraction of sp³-hybridized carbons (Fsp3) is 0.111. The van der Waals surface area contributed by atoms with Gasteiger partial charge in [0.15, 0.2) is 11.5 Å². The lowest BCUT2D eigenvalue weighted by atomic mass is 10.1. The summed E-state index contributed by atoms with van der Waals surface area (Å²) in [5, 5.41) is 13.5. The van der Waals surface area contributed by atoms with Gasteiger partial charge in [0.1, 0.15) is 11.6 Å². The van der Waals surface area contributed by atoms with E-state index in [1.54, 1.807) is 6.08 Å². The number of ether oxygens (including phenoxy) is 2. The Hall–Kier alpha value is -4.50.